The zero-order chi connectivity index (χ0) is 20.5. The molecule has 1 amide bonds. The number of nitrogens with zero attached hydrogens (tertiary/aromatic N) is 3. The molecule has 0 aromatic carbocycles. The quantitative estimate of drug-likeness (QED) is 0.811. The van der Waals surface area contributed by atoms with Crippen LogP contribution in [-0.2, 0) is 16.1 Å². The van der Waals surface area contributed by atoms with Gasteiger partial charge in [0.15, 0.2) is 0 Å². The van der Waals surface area contributed by atoms with Crippen LogP contribution in [-0.4, -0.2) is 75.3 Å². The summed E-state index contributed by atoms with van der Waals surface area (Å²) in [6.45, 7) is 3.85. The van der Waals surface area contributed by atoms with Crippen LogP contribution in [0.15, 0.2) is 24.7 Å². The lowest BCUT2D eigenvalue weighted by Gasteiger charge is -2.47. The number of H-pyrrole nitrogens is 1. The second kappa shape index (κ2) is 8.16. The number of halogens is 3. The number of amides is 1. The van der Waals surface area contributed by atoms with Crippen LogP contribution in [0, 0.1) is 0 Å². The number of aromatic nitrogens is 2. The summed E-state index contributed by atoms with van der Waals surface area (Å²) in [5.41, 5.74) is -2.50. The zero-order valence-corrected chi connectivity index (χ0v) is 16.7. The number of rotatable bonds is 4. The average Bonchev–Trinajstić information content (AvgIpc) is 3.09. The molecule has 2 aromatic rings. The van der Waals surface area contributed by atoms with Crippen molar-refractivity contribution in [1.82, 2.24) is 19.8 Å². The fourth-order valence-electron chi connectivity index (χ4n) is 4.16. The summed E-state index contributed by atoms with van der Waals surface area (Å²) < 4.78 is 43.1. The number of carbonyl (C=O) groups is 1. The minimum atomic E-state index is -4.38. The van der Waals surface area contributed by atoms with Crippen LogP contribution in [0.5, 0.6) is 0 Å². The first-order valence-corrected chi connectivity index (χ1v) is 10.6. The number of hydrogen-bond donors (Lipinski definition) is 1. The number of pyridine rings is 1. The molecule has 2 fully saturated rings. The third-order valence-electron chi connectivity index (χ3n) is 5.68. The van der Waals surface area contributed by atoms with Crippen molar-refractivity contribution >= 4 is 28.6 Å². The van der Waals surface area contributed by atoms with E-state index in [4.69, 9.17) is 4.74 Å². The highest BCUT2D eigenvalue weighted by atomic mass is 32.2. The molecule has 29 heavy (non-hydrogen) atoms. The molecule has 2 saturated heterocycles. The van der Waals surface area contributed by atoms with Crippen LogP contribution in [0.4, 0.5) is 13.2 Å². The summed E-state index contributed by atoms with van der Waals surface area (Å²) in [7, 11) is 0. The van der Waals surface area contributed by atoms with E-state index in [0.717, 1.165) is 30.5 Å². The minimum absolute atomic E-state index is 0.272. The third-order valence-corrected chi connectivity index (χ3v) is 6.40. The van der Waals surface area contributed by atoms with Crippen molar-refractivity contribution < 1.29 is 22.7 Å². The molecule has 1 spiro atoms. The molecule has 10 heteroatoms. The molecule has 158 valence electrons. The molecular weight excluding hydrogens is 405 g/mol. The van der Waals surface area contributed by atoms with Crippen LogP contribution in [0.1, 0.15) is 18.4 Å². The number of thioether (sulfide) groups is 1. The molecule has 0 radical (unpaired) electrons. The summed E-state index contributed by atoms with van der Waals surface area (Å²) in [5, 5.41) is 1.16. The van der Waals surface area contributed by atoms with E-state index in [1.165, 1.54) is 10.5 Å². The van der Waals surface area contributed by atoms with Crippen molar-refractivity contribution in [2.75, 3.05) is 38.5 Å². The Balaban J connectivity index is 1.33. The van der Waals surface area contributed by atoms with E-state index in [2.05, 4.69) is 14.9 Å². The lowest BCUT2D eigenvalue weighted by atomic mass is 9.89. The molecule has 2 aliphatic heterocycles. The number of morpholine rings is 1. The lowest BCUT2D eigenvalue weighted by Crippen LogP contribution is -2.57. The molecule has 0 bridgehead atoms. The molecule has 6 nitrogen and oxygen atoms in total. The molecule has 0 atom stereocenters. The van der Waals surface area contributed by atoms with Gasteiger partial charge in [0.25, 0.3) is 0 Å². The predicted octanol–water partition coefficient (Wildman–Crippen LogP) is 3.01. The van der Waals surface area contributed by atoms with E-state index in [1.54, 1.807) is 6.20 Å². The molecule has 4 heterocycles. The summed E-state index contributed by atoms with van der Waals surface area (Å²) in [6.07, 6.45) is 6.88. The van der Waals surface area contributed by atoms with Crippen molar-refractivity contribution in [2.45, 2.75) is 30.5 Å². The van der Waals surface area contributed by atoms with E-state index in [0.29, 0.717) is 32.5 Å². The highest BCUT2D eigenvalue weighted by Crippen LogP contribution is 2.33. The molecule has 0 saturated carbocycles. The number of carbonyl (C=O) groups excluding carboxylic acids is 1. The van der Waals surface area contributed by atoms with Gasteiger partial charge in [-0.25, -0.2) is 0 Å². The van der Waals surface area contributed by atoms with Gasteiger partial charge in [-0.15, -0.1) is 0 Å². The van der Waals surface area contributed by atoms with E-state index < -0.39 is 17.2 Å². The number of fused-ring (bicyclic) bond motifs is 1. The zero-order valence-electron chi connectivity index (χ0n) is 15.9. The van der Waals surface area contributed by atoms with Gasteiger partial charge in [-0.2, -0.15) is 13.2 Å². The van der Waals surface area contributed by atoms with Crippen LogP contribution in [0.3, 0.4) is 0 Å². The van der Waals surface area contributed by atoms with E-state index >= 15 is 0 Å². The fraction of sp³-hybridized carbons (Fsp3) is 0.579. The first-order valence-electron chi connectivity index (χ1n) is 9.58. The maximum atomic E-state index is 12.3. The molecule has 2 aliphatic rings. The summed E-state index contributed by atoms with van der Waals surface area (Å²) in [6, 6.07) is 2.00. The van der Waals surface area contributed by atoms with Gasteiger partial charge in [-0.1, -0.05) is 0 Å². The Morgan fingerprint density at radius 2 is 2.10 bits per heavy atom. The minimum Gasteiger partial charge on any atom is -0.372 e. The van der Waals surface area contributed by atoms with E-state index in [1.807, 2.05) is 18.5 Å². The molecule has 1 N–H and O–H groups in total. The van der Waals surface area contributed by atoms with Gasteiger partial charge in [-0.3, -0.25) is 14.7 Å². The number of nitrogens with one attached hydrogen (secondary N) is 1. The Morgan fingerprint density at radius 3 is 2.86 bits per heavy atom. The number of alkyl halides is 3. The van der Waals surface area contributed by atoms with Gasteiger partial charge in [0.1, 0.15) is 0 Å². The largest absolute Gasteiger partial charge is 0.442 e. The second-order valence-corrected chi connectivity index (χ2v) is 8.63. The van der Waals surface area contributed by atoms with Crippen LogP contribution in [0.2, 0.25) is 0 Å². The Morgan fingerprint density at radius 1 is 1.31 bits per heavy atom. The Bertz CT molecular complexity index is 865. The Hall–Kier alpha value is -1.78. The SMILES string of the molecule is O=C(CSC(F)(F)F)N1CCC2(CC1)CN(Cc1c[nH]c3cnccc13)CCO2. The first kappa shape index (κ1) is 20.5. The maximum absolute atomic E-state index is 12.3. The number of likely N-dealkylation sites (tertiary alicyclic amines) is 1. The summed E-state index contributed by atoms with van der Waals surface area (Å²) in [4.78, 5) is 23.3. The second-order valence-electron chi connectivity index (χ2n) is 7.59. The Kier molecular flexibility index (Phi) is 5.76. The van der Waals surface area contributed by atoms with Crippen LogP contribution >= 0.6 is 11.8 Å². The highest BCUT2D eigenvalue weighted by molar-refractivity contribution is 8.00. The lowest BCUT2D eigenvalue weighted by molar-refractivity contribution is -0.149. The number of hydrogen-bond acceptors (Lipinski definition) is 5. The number of piperidine rings is 1. The first-order chi connectivity index (χ1) is 13.8. The van der Waals surface area contributed by atoms with Crippen molar-refractivity contribution in [2.24, 2.45) is 0 Å². The normalized spacial score (nSPS) is 20.4. The number of aromatic amines is 1. The molecular formula is C19H23F3N4O2S. The topological polar surface area (TPSA) is 61.5 Å². The van der Waals surface area contributed by atoms with Crippen molar-refractivity contribution in [3.8, 4) is 0 Å². The average molecular weight is 428 g/mol. The van der Waals surface area contributed by atoms with Crippen molar-refractivity contribution in [1.29, 1.82) is 0 Å². The van der Waals surface area contributed by atoms with Gasteiger partial charge in [0.2, 0.25) is 5.91 Å². The fourth-order valence-corrected chi connectivity index (χ4v) is 4.63. The van der Waals surface area contributed by atoms with Crippen LogP contribution < -0.4 is 0 Å². The molecule has 0 aliphatic carbocycles. The molecule has 4 rings (SSSR count). The summed E-state index contributed by atoms with van der Waals surface area (Å²) >= 11 is -0.272. The maximum Gasteiger partial charge on any atom is 0.442 e. The van der Waals surface area contributed by atoms with Gasteiger partial charge in [-0.05, 0) is 36.2 Å². The van der Waals surface area contributed by atoms with E-state index in [-0.39, 0.29) is 17.4 Å². The molecule has 2 aromatic heterocycles. The Labute approximate surface area is 170 Å². The van der Waals surface area contributed by atoms with Crippen LogP contribution in [0.25, 0.3) is 10.9 Å². The monoisotopic (exact) mass is 428 g/mol. The van der Waals surface area contributed by atoms with Gasteiger partial charge in [0, 0.05) is 50.5 Å². The smallest absolute Gasteiger partial charge is 0.372 e. The van der Waals surface area contributed by atoms with E-state index in [9.17, 15) is 18.0 Å². The third kappa shape index (κ3) is 4.87. The predicted molar refractivity (Wildman–Crippen MR) is 104 cm³/mol. The standard InChI is InChI=1S/C19H23F3N4O2S/c20-19(21,22)29-12-17(27)26-5-2-18(3-6-26)13-25(7-8-28-18)11-14-9-24-16-10-23-4-1-15(14)16/h1,4,9-10,24H,2-3,5-8,11-13H2. The molecule has 0 unspecified atom stereocenters. The van der Waals surface area contributed by atoms with Crippen molar-refractivity contribution in [3.63, 3.8) is 0 Å². The van der Waals surface area contributed by atoms with Gasteiger partial charge < -0.3 is 14.6 Å². The summed E-state index contributed by atoms with van der Waals surface area (Å²) in [5.74, 6) is -1.01. The van der Waals surface area contributed by atoms with Crippen molar-refractivity contribution in [3.05, 3.63) is 30.2 Å². The van der Waals surface area contributed by atoms with Gasteiger partial charge in [0.05, 0.1) is 29.7 Å². The highest BCUT2D eigenvalue weighted by Gasteiger charge is 2.41. The van der Waals surface area contributed by atoms with Gasteiger partial charge >= 0.3 is 5.51 Å². The number of ether oxygens (including phenoxy) is 1.